The van der Waals surface area contributed by atoms with Crippen LogP contribution in [-0.4, -0.2) is 23.2 Å². The number of aromatic nitrogens is 1. The predicted molar refractivity (Wildman–Crippen MR) is 59.9 cm³/mol. The fourth-order valence-electron chi connectivity index (χ4n) is 0.891. The third-order valence-corrected chi connectivity index (χ3v) is 2.31. The summed E-state index contributed by atoms with van der Waals surface area (Å²) in [4.78, 5) is 25.7. The summed E-state index contributed by atoms with van der Waals surface area (Å²) in [5.41, 5.74) is 0.105. The van der Waals surface area contributed by atoms with E-state index in [9.17, 15) is 9.59 Å². The molecule has 0 aliphatic rings. The molecule has 1 aromatic rings. The Hall–Kier alpha value is -0.940. The van der Waals surface area contributed by atoms with Gasteiger partial charge in [-0.25, -0.2) is 4.98 Å². The van der Waals surface area contributed by atoms with E-state index < -0.39 is 11.9 Å². The zero-order valence-electron chi connectivity index (χ0n) is 7.83. The molecule has 0 fully saturated rings. The molecule has 0 aliphatic heterocycles. The van der Waals surface area contributed by atoms with Gasteiger partial charge in [0, 0.05) is 10.7 Å². The van der Waals surface area contributed by atoms with Crippen molar-refractivity contribution in [3.8, 4) is 0 Å². The molecule has 1 rings (SSSR count). The quantitative estimate of drug-likeness (QED) is 0.864. The molecule has 6 heteroatoms. The maximum Gasteiger partial charge on any atom is 0.271 e. The van der Waals surface area contributed by atoms with Gasteiger partial charge in [-0.1, -0.05) is 11.6 Å². The Morgan fingerprint density at radius 3 is 2.93 bits per heavy atom. The summed E-state index contributed by atoms with van der Waals surface area (Å²) in [6.45, 7) is 1.57. The molecule has 0 aromatic carbocycles. The van der Waals surface area contributed by atoms with Gasteiger partial charge in [-0.15, -0.1) is 0 Å². The summed E-state index contributed by atoms with van der Waals surface area (Å²) in [7, 11) is 0. The van der Waals surface area contributed by atoms with Crippen molar-refractivity contribution in [3.05, 3.63) is 27.5 Å². The minimum atomic E-state index is -0.556. The average Bonchev–Trinajstić information content (AvgIpc) is 2.17. The van der Waals surface area contributed by atoms with Crippen LogP contribution in [0.3, 0.4) is 0 Å². The monoisotopic (exact) mass is 290 g/mol. The first kappa shape index (κ1) is 12.1. The highest BCUT2D eigenvalue weighted by Crippen LogP contribution is 2.18. The van der Waals surface area contributed by atoms with E-state index in [-0.39, 0.29) is 10.7 Å². The number of aldehydes is 1. The first-order valence-electron chi connectivity index (χ1n) is 4.11. The Kier molecular flexibility index (Phi) is 4.23. The second kappa shape index (κ2) is 5.23. The number of hydrogen-bond acceptors (Lipinski definition) is 3. The normalized spacial score (nSPS) is 11.9. The summed E-state index contributed by atoms with van der Waals surface area (Å²) >= 11 is 8.98. The molecule has 1 N–H and O–H groups in total. The summed E-state index contributed by atoms with van der Waals surface area (Å²) in [5.74, 6) is -0.466. The summed E-state index contributed by atoms with van der Waals surface area (Å²) in [5, 5.41) is 2.67. The number of pyridine rings is 1. The standard InChI is InChI=1S/C9H8BrClN2O2/c1-5(4-14)13-9(15)8-7(11)2-6(10)3-12-8/h2-5H,1H3,(H,13,15)/t5-/m0/s1. The van der Waals surface area contributed by atoms with Crippen LogP contribution in [0.1, 0.15) is 17.4 Å². The van der Waals surface area contributed by atoms with Crippen LogP contribution in [0.2, 0.25) is 5.02 Å². The molecular weight excluding hydrogens is 283 g/mol. The van der Waals surface area contributed by atoms with Gasteiger partial charge in [0.05, 0.1) is 11.1 Å². The third kappa shape index (κ3) is 3.28. The van der Waals surface area contributed by atoms with E-state index in [1.165, 1.54) is 6.20 Å². The Balaban J connectivity index is 2.87. The van der Waals surface area contributed by atoms with Crippen molar-refractivity contribution in [3.63, 3.8) is 0 Å². The van der Waals surface area contributed by atoms with Crippen molar-refractivity contribution in [1.82, 2.24) is 10.3 Å². The van der Waals surface area contributed by atoms with E-state index in [1.807, 2.05) is 0 Å². The lowest BCUT2D eigenvalue weighted by atomic mass is 10.3. The van der Waals surface area contributed by atoms with Crippen LogP contribution >= 0.6 is 27.5 Å². The van der Waals surface area contributed by atoms with Gasteiger partial charge in [0.2, 0.25) is 0 Å². The molecule has 1 heterocycles. The smallest absolute Gasteiger partial charge is 0.271 e. The number of carbonyl (C=O) groups excluding carboxylic acids is 2. The Labute approximate surface area is 100 Å². The van der Waals surface area contributed by atoms with Crippen LogP contribution in [0, 0.1) is 0 Å². The fraction of sp³-hybridized carbons (Fsp3) is 0.222. The number of nitrogens with zero attached hydrogens (tertiary/aromatic N) is 1. The zero-order valence-corrected chi connectivity index (χ0v) is 10.2. The molecule has 1 amide bonds. The SMILES string of the molecule is C[C@@H](C=O)NC(=O)c1ncc(Br)cc1Cl. The van der Waals surface area contributed by atoms with Gasteiger partial charge in [-0.05, 0) is 28.9 Å². The van der Waals surface area contributed by atoms with Gasteiger partial charge >= 0.3 is 0 Å². The van der Waals surface area contributed by atoms with Crippen molar-refractivity contribution < 1.29 is 9.59 Å². The maximum absolute atomic E-state index is 11.5. The number of halogens is 2. The summed E-state index contributed by atoms with van der Waals surface area (Å²) in [6.07, 6.45) is 2.09. The molecular formula is C9H8BrClN2O2. The van der Waals surface area contributed by atoms with Crippen LogP contribution in [0.5, 0.6) is 0 Å². The van der Waals surface area contributed by atoms with Crippen molar-refractivity contribution in [2.45, 2.75) is 13.0 Å². The Morgan fingerprint density at radius 2 is 2.40 bits per heavy atom. The van der Waals surface area contributed by atoms with E-state index in [0.717, 1.165) is 0 Å². The molecule has 0 saturated heterocycles. The minimum absolute atomic E-state index is 0.105. The van der Waals surface area contributed by atoms with Gasteiger partial charge in [0.15, 0.2) is 0 Å². The van der Waals surface area contributed by atoms with Gasteiger partial charge < -0.3 is 10.1 Å². The second-order valence-electron chi connectivity index (χ2n) is 2.88. The predicted octanol–water partition coefficient (Wildman–Crippen LogP) is 1.81. The second-order valence-corrected chi connectivity index (χ2v) is 4.21. The van der Waals surface area contributed by atoms with Crippen molar-refractivity contribution in [2.24, 2.45) is 0 Å². The van der Waals surface area contributed by atoms with Crippen LogP contribution in [0.25, 0.3) is 0 Å². The average molecular weight is 292 g/mol. The van der Waals surface area contributed by atoms with Gasteiger partial charge in [-0.3, -0.25) is 4.79 Å². The van der Waals surface area contributed by atoms with E-state index in [4.69, 9.17) is 11.6 Å². The lowest BCUT2D eigenvalue weighted by Crippen LogP contribution is -2.34. The third-order valence-electron chi connectivity index (χ3n) is 1.59. The lowest BCUT2D eigenvalue weighted by Gasteiger charge is -2.07. The maximum atomic E-state index is 11.5. The van der Waals surface area contributed by atoms with E-state index in [0.29, 0.717) is 10.8 Å². The fourth-order valence-corrected chi connectivity index (χ4v) is 1.61. The summed E-state index contributed by atoms with van der Waals surface area (Å²) < 4.78 is 0.687. The molecule has 4 nitrogen and oxygen atoms in total. The molecule has 0 aliphatic carbocycles. The first-order chi connectivity index (χ1) is 7.04. The van der Waals surface area contributed by atoms with Gasteiger partial charge in [-0.2, -0.15) is 0 Å². The molecule has 0 bridgehead atoms. The van der Waals surface area contributed by atoms with Crippen LogP contribution in [-0.2, 0) is 4.79 Å². The van der Waals surface area contributed by atoms with Crippen molar-refractivity contribution in [2.75, 3.05) is 0 Å². The van der Waals surface area contributed by atoms with E-state index >= 15 is 0 Å². The number of hydrogen-bond donors (Lipinski definition) is 1. The van der Waals surface area contributed by atoms with Gasteiger partial charge in [0.25, 0.3) is 5.91 Å². The number of carbonyl (C=O) groups is 2. The minimum Gasteiger partial charge on any atom is -0.341 e. The molecule has 1 aromatic heterocycles. The van der Waals surface area contributed by atoms with Gasteiger partial charge in [0.1, 0.15) is 12.0 Å². The highest BCUT2D eigenvalue weighted by molar-refractivity contribution is 9.10. The van der Waals surface area contributed by atoms with Crippen LogP contribution in [0.15, 0.2) is 16.7 Å². The van der Waals surface area contributed by atoms with Crippen molar-refractivity contribution >= 4 is 39.7 Å². The number of rotatable bonds is 3. The molecule has 0 spiro atoms. The van der Waals surface area contributed by atoms with Crippen LogP contribution < -0.4 is 5.32 Å². The molecule has 0 saturated carbocycles. The van der Waals surface area contributed by atoms with E-state index in [1.54, 1.807) is 13.0 Å². The highest BCUT2D eigenvalue weighted by Gasteiger charge is 2.14. The van der Waals surface area contributed by atoms with Crippen LogP contribution in [0.4, 0.5) is 0 Å². The number of amides is 1. The first-order valence-corrected chi connectivity index (χ1v) is 5.29. The topological polar surface area (TPSA) is 59.1 Å². The molecule has 0 radical (unpaired) electrons. The zero-order chi connectivity index (χ0) is 11.4. The Bertz CT molecular complexity index is 398. The lowest BCUT2D eigenvalue weighted by molar-refractivity contribution is -0.109. The Morgan fingerprint density at radius 1 is 1.73 bits per heavy atom. The summed E-state index contributed by atoms with van der Waals surface area (Å²) in [6, 6.07) is 1.01. The molecule has 80 valence electrons. The largest absolute Gasteiger partial charge is 0.341 e. The highest BCUT2D eigenvalue weighted by atomic mass is 79.9. The van der Waals surface area contributed by atoms with E-state index in [2.05, 4.69) is 26.2 Å². The number of nitrogens with one attached hydrogen (secondary N) is 1. The molecule has 0 unspecified atom stereocenters. The molecule has 15 heavy (non-hydrogen) atoms. The molecule has 1 atom stereocenters. The van der Waals surface area contributed by atoms with Crippen molar-refractivity contribution in [1.29, 1.82) is 0 Å².